The maximum atomic E-state index is 11.8. The summed E-state index contributed by atoms with van der Waals surface area (Å²) in [6.07, 6.45) is -0.494. The summed E-state index contributed by atoms with van der Waals surface area (Å²) in [7, 11) is -3.16. The lowest BCUT2D eigenvalue weighted by Crippen LogP contribution is -2.20. The van der Waals surface area contributed by atoms with Crippen LogP contribution in [-0.4, -0.2) is 36.9 Å². The maximum Gasteiger partial charge on any atom is 0.345 e. The number of ether oxygens (including phenoxy) is 1. The van der Waals surface area contributed by atoms with Crippen molar-refractivity contribution in [3.63, 3.8) is 0 Å². The van der Waals surface area contributed by atoms with Gasteiger partial charge in [-0.15, -0.1) is 0 Å². The van der Waals surface area contributed by atoms with Crippen LogP contribution in [0, 0.1) is 10.1 Å². The normalized spacial score (nSPS) is 20.9. The first-order chi connectivity index (χ1) is 8.89. The van der Waals surface area contributed by atoms with Gasteiger partial charge in [-0.05, 0) is 12.5 Å². The number of nitro benzene ring substituents is 1. The molecule has 0 unspecified atom stereocenters. The second-order valence-electron chi connectivity index (χ2n) is 4.20. The van der Waals surface area contributed by atoms with Crippen LogP contribution in [0.1, 0.15) is 16.8 Å². The molecule has 0 N–H and O–H groups in total. The average molecular weight is 285 g/mol. The molecule has 0 spiro atoms. The van der Waals surface area contributed by atoms with E-state index >= 15 is 0 Å². The van der Waals surface area contributed by atoms with Gasteiger partial charge in [0, 0.05) is 6.07 Å². The molecule has 1 saturated heterocycles. The predicted molar refractivity (Wildman–Crippen MR) is 65.6 cm³/mol. The minimum Gasteiger partial charge on any atom is -0.457 e. The molecule has 0 saturated carbocycles. The van der Waals surface area contributed by atoms with E-state index in [1.807, 2.05) is 0 Å². The zero-order valence-corrected chi connectivity index (χ0v) is 10.6. The van der Waals surface area contributed by atoms with Crippen LogP contribution in [0.2, 0.25) is 0 Å². The van der Waals surface area contributed by atoms with Crippen molar-refractivity contribution in [2.75, 3.05) is 11.5 Å². The predicted octanol–water partition coefficient (Wildman–Crippen LogP) is 0.939. The molecule has 19 heavy (non-hydrogen) atoms. The molecule has 1 heterocycles. The SMILES string of the molecule is O=C(O[C@H]1CCS(=O)(=O)C1)c1ccccc1[N+](=O)[O-]. The molecule has 1 aromatic carbocycles. The Kier molecular flexibility index (Phi) is 3.52. The van der Waals surface area contributed by atoms with Gasteiger partial charge in [0.15, 0.2) is 9.84 Å². The molecular formula is C11H11NO6S. The number of hydrogen-bond donors (Lipinski definition) is 0. The number of benzene rings is 1. The third kappa shape index (κ3) is 3.08. The van der Waals surface area contributed by atoms with Crippen molar-refractivity contribution >= 4 is 21.5 Å². The van der Waals surface area contributed by atoms with Crippen molar-refractivity contribution < 1.29 is 22.9 Å². The van der Waals surface area contributed by atoms with Gasteiger partial charge in [0.2, 0.25) is 0 Å². The average Bonchev–Trinajstić information content (AvgIpc) is 2.68. The molecule has 8 heteroatoms. The fourth-order valence-electron chi connectivity index (χ4n) is 1.87. The van der Waals surface area contributed by atoms with Gasteiger partial charge < -0.3 is 4.74 Å². The highest BCUT2D eigenvalue weighted by Gasteiger charge is 2.32. The summed E-state index contributed by atoms with van der Waals surface area (Å²) in [6, 6.07) is 5.40. The highest BCUT2D eigenvalue weighted by atomic mass is 32.2. The number of esters is 1. The standard InChI is InChI=1S/C11H11NO6S/c13-11(18-8-5-6-19(16,17)7-8)9-3-1-2-4-10(9)12(14)15/h1-4,8H,5-7H2/t8-/m0/s1. The Hall–Kier alpha value is -1.96. The lowest BCUT2D eigenvalue weighted by atomic mass is 10.2. The summed E-state index contributed by atoms with van der Waals surface area (Å²) in [5.41, 5.74) is -0.523. The van der Waals surface area contributed by atoms with E-state index in [4.69, 9.17) is 4.74 Å². The lowest BCUT2D eigenvalue weighted by Gasteiger charge is -2.10. The van der Waals surface area contributed by atoms with Crippen LogP contribution in [0.5, 0.6) is 0 Å². The molecule has 0 aromatic heterocycles. The van der Waals surface area contributed by atoms with Crippen LogP contribution in [0.3, 0.4) is 0 Å². The Labute approximate surface area is 109 Å². The summed E-state index contributed by atoms with van der Waals surface area (Å²) in [4.78, 5) is 21.9. The number of hydrogen-bond acceptors (Lipinski definition) is 6. The molecule has 1 aliphatic heterocycles. The second-order valence-corrected chi connectivity index (χ2v) is 6.43. The number of nitrogens with zero attached hydrogens (tertiary/aromatic N) is 1. The second kappa shape index (κ2) is 4.96. The molecule has 1 aromatic rings. The Morgan fingerprint density at radius 1 is 1.37 bits per heavy atom. The van der Waals surface area contributed by atoms with E-state index < -0.39 is 26.8 Å². The number of rotatable bonds is 3. The van der Waals surface area contributed by atoms with Crippen molar-refractivity contribution in [3.05, 3.63) is 39.9 Å². The molecule has 1 aliphatic rings. The summed E-state index contributed by atoms with van der Waals surface area (Å²) in [6.45, 7) is 0. The van der Waals surface area contributed by atoms with Gasteiger partial charge in [-0.1, -0.05) is 12.1 Å². The Bertz CT molecular complexity index is 624. The van der Waals surface area contributed by atoms with E-state index in [1.54, 1.807) is 0 Å². The summed E-state index contributed by atoms with van der Waals surface area (Å²) in [5.74, 6) is -1.12. The first-order valence-electron chi connectivity index (χ1n) is 5.54. The number of carbonyl (C=O) groups is 1. The van der Waals surface area contributed by atoms with Gasteiger partial charge in [0.1, 0.15) is 11.7 Å². The molecule has 102 valence electrons. The summed E-state index contributed by atoms with van der Waals surface area (Å²) >= 11 is 0. The van der Waals surface area contributed by atoms with Crippen molar-refractivity contribution in [1.82, 2.24) is 0 Å². The van der Waals surface area contributed by atoms with E-state index in [1.165, 1.54) is 24.3 Å². The third-order valence-corrected chi connectivity index (χ3v) is 4.52. The fraction of sp³-hybridized carbons (Fsp3) is 0.364. The van der Waals surface area contributed by atoms with Crippen molar-refractivity contribution in [2.24, 2.45) is 0 Å². The lowest BCUT2D eigenvalue weighted by molar-refractivity contribution is -0.385. The number of para-hydroxylation sites is 1. The van der Waals surface area contributed by atoms with Crippen LogP contribution in [0.25, 0.3) is 0 Å². The largest absolute Gasteiger partial charge is 0.457 e. The van der Waals surface area contributed by atoms with E-state index in [2.05, 4.69) is 0 Å². The Balaban J connectivity index is 2.15. The maximum absolute atomic E-state index is 11.8. The van der Waals surface area contributed by atoms with Crippen LogP contribution in [0.4, 0.5) is 5.69 Å². The number of nitro groups is 1. The smallest absolute Gasteiger partial charge is 0.345 e. The van der Waals surface area contributed by atoms with Gasteiger partial charge in [0.25, 0.3) is 5.69 Å². The Morgan fingerprint density at radius 3 is 2.63 bits per heavy atom. The minimum atomic E-state index is -3.16. The highest BCUT2D eigenvalue weighted by molar-refractivity contribution is 7.91. The molecule has 0 aliphatic carbocycles. The monoisotopic (exact) mass is 285 g/mol. The zero-order valence-electron chi connectivity index (χ0n) is 9.81. The van der Waals surface area contributed by atoms with Gasteiger partial charge in [0.05, 0.1) is 16.4 Å². The third-order valence-electron chi connectivity index (χ3n) is 2.79. The molecule has 0 amide bonds. The molecule has 2 rings (SSSR count). The number of carbonyl (C=O) groups excluding carboxylic acids is 1. The van der Waals surface area contributed by atoms with E-state index in [0.29, 0.717) is 0 Å². The molecule has 7 nitrogen and oxygen atoms in total. The van der Waals surface area contributed by atoms with Crippen molar-refractivity contribution in [3.8, 4) is 0 Å². The fourth-order valence-corrected chi connectivity index (χ4v) is 3.46. The van der Waals surface area contributed by atoms with Gasteiger partial charge in [-0.2, -0.15) is 0 Å². The van der Waals surface area contributed by atoms with Crippen LogP contribution in [-0.2, 0) is 14.6 Å². The van der Waals surface area contributed by atoms with Gasteiger partial charge in [-0.3, -0.25) is 10.1 Å². The minimum absolute atomic E-state index is 0.0260. The Morgan fingerprint density at radius 2 is 2.05 bits per heavy atom. The molecule has 1 fully saturated rings. The van der Waals surface area contributed by atoms with Crippen LogP contribution >= 0.6 is 0 Å². The van der Waals surface area contributed by atoms with Crippen molar-refractivity contribution in [1.29, 1.82) is 0 Å². The quantitative estimate of drug-likeness (QED) is 0.465. The highest BCUT2D eigenvalue weighted by Crippen LogP contribution is 2.21. The van der Waals surface area contributed by atoms with Crippen LogP contribution in [0.15, 0.2) is 24.3 Å². The van der Waals surface area contributed by atoms with E-state index in [-0.39, 0.29) is 29.2 Å². The van der Waals surface area contributed by atoms with E-state index in [0.717, 1.165) is 0 Å². The van der Waals surface area contributed by atoms with Crippen LogP contribution < -0.4 is 0 Å². The summed E-state index contributed by atoms with van der Waals surface area (Å²) < 4.78 is 27.5. The first kappa shape index (κ1) is 13.5. The number of sulfone groups is 1. The molecular weight excluding hydrogens is 274 g/mol. The van der Waals surface area contributed by atoms with E-state index in [9.17, 15) is 23.3 Å². The molecule has 0 bridgehead atoms. The van der Waals surface area contributed by atoms with Gasteiger partial charge >= 0.3 is 5.97 Å². The molecule has 1 atom stereocenters. The molecule has 0 radical (unpaired) electrons. The first-order valence-corrected chi connectivity index (χ1v) is 7.36. The van der Waals surface area contributed by atoms with Gasteiger partial charge in [-0.25, -0.2) is 13.2 Å². The van der Waals surface area contributed by atoms with Crippen molar-refractivity contribution in [2.45, 2.75) is 12.5 Å². The summed E-state index contributed by atoms with van der Waals surface area (Å²) in [5, 5.41) is 10.8. The zero-order chi connectivity index (χ0) is 14.0. The topological polar surface area (TPSA) is 104 Å².